The van der Waals surface area contributed by atoms with Crippen molar-refractivity contribution in [3.8, 4) is 0 Å². The number of nitrogens with one attached hydrogen (secondary N) is 4. The van der Waals surface area contributed by atoms with Crippen molar-refractivity contribution in [2.45, 2.75) is 141 Å². The third kappa shape index (κ3) is 15.0. The molecule has 0 aromatic carbocycles. The second-order valence-electron chi connectivity index (χ2n) is 14.7. The van der Waals surface area contributed by atoms with E-state index in [9.17, 15) is 24.0 Å². The smallest absolute Gasteiger partial charge is 0.245 e. The minimum atomic E-state index is -1.15. The van der Waals surface area contributed by atoms with Gasteiger partial charge in [-0.15, -0.1) is 0 Å². The van der Waals surface area contributed by atoms with Crippen molar-refractivity contribution in [1.82, 2.24) is 31.1 Å². The topological polar surface area (TPSA) is 201 Å². The molecule has 5 atom stereocenters. The summed E-state index contributed by atoms with van der Waals surface area (Å²) in [5, 5.41) is 11.5. The Morgan fingerprint density at radius 1 is 0.804 bits per heavy atom. The van der Waals surface area contributed by atoms with Crippen LogP contribution in [-0.4, -0.2) is 123 Å². The lowest BCUT2D eigenvalue weighted by Crippen LogP contribution is -2.62. The number of hydrogen-bond acceptors (Lipinski definition) is 9. The Kier molecular flexibility index (Phi) is 21.2. The molecular weight excluding hydrogens is 652 g/mol. The number of carbonyl (C=O) groups excluding carboxylic acids is 5. The fourth-order valence-corrected chi connectivity index (χ4v) is 6.98. The average Bonchev–Trinajstić information content (AvgIpc) is 3.12. The highest BCUT2D eigenvalue weighted by Crippen LogP contribution is 2.27. The van der Waals surface area contributed by atoms with Gasteiger partial charge in [0.2, 0.25) is 29.5 Å². The fourth-order valence-electron chi connectivity index (χ4n) is 6.98. The van der Waals surface area contributed by atoms with Gasteiger partial charge in [-0.3, -0.25) is 28.9 Å². The van der Waals surface area contributed by atoms with Crippen LogP contribution in [0, 0.1) is 11.8 Å². The molecule has 5 amide bonds. The lowest BCUT2D eigenvalue weighted by molar-refractivity contribution is -0.145. The number of nitrogens with two attached hydrogens (primary N) is 2. The minimum Gasteiger partial charge on any atom is -0.379 e. The van der Waals surface area contributed by atoms with Gasteiger partial charge in [-0.05, 0) is 69.9 Å². The maximum Gasteiger partial charge on any atom is 0.245 e. The number of nitrogens with zero attached hydrogens (tertiary/aromatic N) is 2. The molecule has 2 fully saturated rings. The van der Waals surface area contributed by atoms with Crippen LogP contribution in [0.5, 0.6) is 0 Å². The molecule has 0 aromatic rings. The Bertz CT molecular complexity index is 1070. The summed E-state index contributed by atoms with van der Waals surface area (Å²) in [4.78, 5) is 73.6. The summed E-state index contributed by atoms with van der Waals surface area (Å²) >= 11 is 0. The summed E-state index contributed by atoms with van der Waals surface area (Å²) in [7, 11) is 1.69. The summed E-state index contributed by atoms with van der Waals surface area (Å²) in [6.07, 6.45) is 10.4. The number of likely N-dealkylation sites (N-methyl/N-ethyl adjacent to an activating group) is 1. The highest BCUT2D eigenvalue weighted by molar-refractivity contribution is 5.96. The van der Waals surface area contributed by atoms with Crippen molar-refractivity contribution in [1.29, 1.82) is 0 Å². The number of ether oxygens (including phenoxy) is 1. The van der Waals surface area contributed by atoms with E-state index >= 15 is 0 Å². The van der Waals surface area contributed by atoms with Gasteiger partial charge >= 0.3 is 0 Å². The van der Waals surface area contributed by atoms with Crippen LogP contribution >= 0.6 is 0 Å². The molecule has 0 spiro atoms. The molecule has 51 heavy (non-hydrogen) atoms. The maximum atomic E-state index is 14.5. The van der Waals surface area contributed by atoms with Crippen molar-refractivity contribution >= 4 is 29.5 Å². The van der Waals surface area contributed by atoms with E-state index < -0.39 is 47.9 Å². The number of rotatable bonds is 16. The van der Waals surface area contributed by atoms with Gasteiger partial charge in [0.15, 0.2) is 0 Å². The van der Waals surface area contributed by atoms with Crippen LogP contribution < -0.4 is 32.7 Å². The quantitative estimate of drug-likeness (QED) is 0.127. The average molecular weight is 723 g/mol. The van der Waals surface area contributed by atoms with Crippen molar-refractivity contribution in [2.24, 2.45) is 23.3 Å². The van der Waals surface area contributed by atoms with Gasteiger partial charge in [0.25, 0.3) is 0 Å². The Hall–Kier alpha value is -2.81. The zero-order chi connectivity index (χ0) is 37.8. The van der Waals surface area contributed by atoms with Crippen molar-refractivity contribution < 1.29 is 28.7 Å². The van der Waals surface area contributed by atoms with Crippen LogP contribution in [0.15, 0.2) is 0 Å². The van der Waals surface area contributed by atoms with E-state index in [0.717, 1.165) is 64.2 Å². The summed E-state index contributed by atoms with van der Waals surface area (Å²) < 4.78 is 5.77. The lowest BCUT2D eigenvalue weighted by Gasteiger charge is -2.38. The Labute approximate surface area is 306 Å². The molecule has 0 bridgehead atoms. The first-order valence-electron chi connectivity index (χ1n) is 19.7. The van der Waals surface area contributed by atoms with Crippen LogP contribution in [-0.2, 0) is 28.7 Å². The molecule has 14 nitrogen and oxygen atoms in total. The highest BCUT2D eigenvalue weighted by Gasteiger charge is 2.39. The summed E-state index contributed by atoms with van der Waals surface area (Å²) in [5.74, 6) is -2.13. The van der Waals surface area contributed by atoms with E-state index in [1.165, 1.54) is 0 Å². The van der Waals surface area contributed by atoms with Crippen molar-refractivity contribution in [2.75, 3.05) is 53.0 Å². The third-order valence-corrected chi connectivity index (χ3v) is 10.1. The van der Waals surface area contributed by atoms with E-state index in [0.29, 0.717) is 45.5 Å². The van der Waals surface area contributed by atoms with Crippen molar-refractivity contribution in [3.05, 3.63) is 0 Å². The van der Waals surface area contributed by atoms with E-state index in [-0.39, 0.29) is 43.3 Å². The first kappa shape index (κ1) is 44.4. The Balaban J connectivity index is 2.58. The zero-order valence-corrected chi connectivity index (χ0v) is 32.2. The molecule has 2 aliphatic rings. The molecular formula is C37H70N8O6. The predicted molar refractivity (Wildman–Crippen MR) is 199 cm³/mol. The Morgan fingerprint density at radius 2 is 1.49 bits per heavy atom. The Morgan fingerprint density at radius 3 is 2.12 bits per heavy atom. The van der Waals surface area contributed by atoms with Gasteiger partial charge in [-0.25, -0.2) is 0 Å². The molecule has 0 aromatic heterocycles. The first-order valence-corrected chi connectivity index (χ1v) is 19.7. The summed E-state index contributed by atoms with van der Waals surface area (Å²) in [6, 6.07) is -4.40. The van der Waals surface area contributed by atoms with Gasteiger partial charge < -0.3 is 42.4 Å². The van der Waals surface area contributed by atoms with Crippen molar-refractivity contribution in [3.63, 3.8) is 0 Å². The highest BCUT2D eigenvalue weighted by atomic mass is 16.5. The van der Waals surface area contributed by atoms with Crippen LogP contribution in [0.1, 0.15) is 111 Å². The number of carbonyl (C=O) groups is 5. The summed E-state index contributed by atoms with van der Waals surface area (Å²) in [5.41, 5.74) is 11.6. The van der Waals surface area contributed by atoms with Gasteiger partial charge in [-0.1, -0.05) is 66.2 Å². The maximum absolute atomic E-state index is 14.5. The molecule has 1 saturated carbocycles. The molecule has 1 aliphatic carbocycles. The van der Waals surface area contributed by atoms with Crippen LogP contribution in [0.25, 0.3) is 0 Å². The molecule has 1 saturated heterocycles. The van der Waals surface area contributed by atoms with E-state index in [4.69, 9.17) is 16.2 Å². The number of hydrogen-bond donors (Lipinski definition) is 6. The standard InChI is InChI=1S/C37H70N8O6/c1-6-8-17-30-37(50)44(5)31(23-26(3)4)35(48)43-32(27-15-11-10-12-16-27)36(49)41-28(24-39)34(47)42-29(25-51-22-14-13-18-38)33(46)40-19-21-45(30)20-9-7-2/h26-32H,6-25,38-39H2,1-5H3,(H,40,46)(H,41,49)(H,42,47)(H,43,48)/t28-,29-,30-,31-,32-/m0/s1. The molecule has 1 aliphatic heterocycles. The van der Waals surface area contributed by atoms with Gasteiger partial charge in [0.05, 0.1) is 12.6 Å². The first-order chi connectivity index (χ1) is 24.5. The molecule has 2 rings (SSSR count). The van der Waals surface area contributed by atoms with Gasteiger partial charge in [0.1, 0.15) is 24.2 Å². The normalized spacial score (nSPS) is 25.9. The molecule has 14 heteroatoms. The second kappa shape index (κ2) is 24.4. The molecule has 8 N–H and O–H groups in total. The van der Waals surface area contributed by atoms with Gasteiger partial charge in [0, 0.05) is 33.3 Å². The molecule has 0 radical (unpaired) electrons. The van der Waals surface area contributed by atoms with Crippen LogP contribution in [0.3, 0.4) is 0 Å². The summed E-state index contributed by atoms with van der Waals surface area (Å²) in [6.45, 7) is 10.1. The molecule has 1 heterocycles. The fraction of sp³-hybridized carbons (Fsp3) is 0.865. The SMILES string of the molecule is CCCC[C@H]1C(=O)N(C)[C@@H](CC(C)C)C(=O)N[C@@H](C2CCCCC2)C(=O)N[C@@H](CN)C(=O)N[C@@H](COCCCCN)C(=O)NCCN1CCCC. The van der Waals surface area contributed by atoms with E-state index in [1.807, 2.05) is 13.8 Å². The zero-order valence-electron chi connectivity index (χ0n) is 32.2. The number of unbranched alkanes of at least 4 members (excludes halogenated alkanes) is 3. The van der Waals surface area contributed by atoms with E-state index in [2.05, 4.69) is 40.0 Å². The van der Waals surface area contributed by atoms with Gasteiger partial charge in [-0.2, -0.15) is 0 Å². The largest absolute Gasteiger partial charge is 0.379 e. The molecule has 294 valence electrons. The minimum absolute atomic E-state index is 0.0761. The monoisotopic (exact) mass is 723 g/mol. The molecule has 0 unspecified atom stereocenters. The number of amides is 5. The van der Waals surface area contributed by atoms with Crippen LogP contribution in [0.4, 0.5) is 0 Å². The predicted octanol–water partition coefficient (Wildman–Crippen LogP) is 1.40. The van der Waals surface area contributed by atoms with E-state index in [1.54, 1.807) is 11.9 Å². The second-order valence-corrected chi connectivity index (χ2v) is 14.7. The lowest BCUT2D eigenvalue weighted by atomic mass is 9.83. The third-order valence-electron chi connectivity index (χ3n) is 10.1. The van der Waals surface area contributed by atoms with Crippen LogP contribution in [0.2, 0.25) is 0 Å².